The average molecular weight is 427 g/mol. The molecule has 0 bridgehead atoms. The molecule has 0 aliphatic carbocycles. The predicted molar refractivity (Wildman–Crippen MR) is 106 cm³/mol. The van der Waals surface area contributed by atoms with E-state index in [9.17, 15) is 29.6 Å². The van der Waals surface area contributed by atoms with Gasteiger partial charge in [0.15, 0.2) is 5.75 Å². The van der Waals surface area contributed by atoms with E-state index in [0.29, 0.717) is 11.3 Å². The van der Waals surface area contributed by atoms with Crippen LogP contribution in [0.25, 0.3) is 6.08 Å². The van der Waals surface area contributed by atoms with Crippen LogP contribution in [0.3, 0.4) is 0 Å². The second kappa shape index (κ2) is 8.53. The first-order chi connectivity index (χ1) is 14.7. The van der Waals surface area contributed by atoms with E-state index < -0.39 is 39.8 Å². The Balaban J connectivity index is 1.96. The number of phenols is 1. The molecule has 0 atom stereocenters. The first-order valence-electron chi connectivity index (χ1n) is 8.82. The molecule has 11 heteroatoms. The number of nitrogens with zero attached hydrogens (tertiary/aromatic N) is 2. The lowest BCUT2D eigenvalue weighted by atomic mass is 10.1. The minimum Gasteiger partial charge on any atom is -0.500 e. The molecule has 1 fully saturated rings. The number of nitrogens with one attached hydrogen (secondary N) is 1. The van der Waals surface area contributed by atoms with Gasteiger partial charge in [-0.25, -0.2) is 4.79 Å². The van der Waals surface area contributed by atoms with Crippen LogP contribution in [0.15, 0.2) is 42.0 Å². The molecule has 0 spiro atoms. The van der Waals surface area contributed by atoms with E-state index in [1.54, 1.807) is 24.3 Å². The highest BCUT2D eigenvalue weighted by Crippen LogP contribution is 2.37. The quantitative estimate of drug-likeness (QED) is 0.308. The van der Waals surface area contributed by atoms with Crippen molar-refractivity contribution in [2.45, 2.75) is 6.54 Å². The third kappa shape index (κ3) is 4.29. The lowest BCUT2D eigenvalue weighted by Gasteiger charge is -2.26. The van der Waals surface area contributed by atoms with Gasteiger partial charge in [-0.05, 0) is 35.4 Å². The normalized spacial score (nSPS) is 15.1. The van der Waals surface area contributed by atoms with E-state index in [4.69, 9.17) is 9.47 Å². The molecule has 3 rings (SSSR count). The maximum absolute atomic E-state index is 12.9. The van der Waals surface area contributed by atoms with Gasteiger partial charge in [-0.2, -0.15) is 0 Å². The van der Waals surface area contributed by atoms with Crippen LogP contribution in [-0.4, -0.2) is 47.0 Å². The zero-order valence-corrected chi connectivity index (χ0v) is 16.4. The summed E-state index contributed by atoms with van der Waals surface area (Å²) >= 11 is 0. The topological polar surface area (TPSA) is 148 Å². The Labute approximate surface area is 175 Å². The first-order valence-corrected chi connectivity index (χ1v) is 8.82. The summed E-state index contributed by atoms with van der Waals surface area (Å²) in [5.74, 6) is -2.13. The molecule has 1 heterocycles. The van der Waals surface area contributed by atoms with E-state index in [1.165, 1.54) is 20.3 Å². The molecule has 31 heavy (non-hydrogen) atoms. The monoisotopic (exact) mass is 427 g/mol. The summed E-state index contributed by atoms with van der Waals surface area (Å²) in [4.78, 5) is 48.5. The third-order valence-electron chi connectivity index (χ3n) is 4.49. The fraction of sp³-hybridized carbons (Fsp3) is 0.150. The number of imide groups is 2. The number of ether oxygens (including phenoxy) is 2. The molecule has 2 aromatic carbocycles. The average Bonchev–Trinajstić information content (AvgIpc) is 2.75. The number of barbiturate groups is 1. The van der Waals surface area contributed by atoms with Crippen molar-refractivity contribution in [1.82, 2.24) is 10.2 Å². The van der Waals surface area contributed by atoms with Gasteiger partial charge in [-0.15, -0.1) is 0 Å². The van der Waals surface area contributed by atoms with Crippen LogP contribution >= 0.6 is 0 Å². The summed E-state index contributed by atoms with van der Waals surface area (Å²) in [6.07, 6.45) is 1.08. The molecule has 4 amide bonds. The number of benzene rings is 2. The third-order valence-corrected chi connectivity index (χ3v) is 4.49. The van der Waals surface area contributed by atoms with Crippen molar-refractivity contribution < 1.29 is 33.9 Å². The minimum absolute atomic E-state index is 0.0543. The Bertz CT molecular complexity index is 1110. The number of amides is 4. The molecular weight excluding hydrogens is 410 g/mol. The molecule has 2 N–H and O–H groups in total. The van der Waals surface area contributed by atoms with E-state index in [2.05, 4.69) is 5.32 Å². The number of nitro groups is 1. The van der Waals surface area contributed by atoms with Gasteiger partial charge in [0.1, 0.15) is 11.3 Å². The van der Waals surface area contributed by atoms with Crippen molar-refractivity contribution in [3.63, 3.8) is 0 Å². The highest BCUT2D eigenvalue weighted by atomic mass is 16.6. The predicted octanol–water partition coefficient (Wildman–Crippen LogP) is 1.98. The Hall–Kier alpha value is -4.41. The Morgan fingerprint density at radius 3 is 2.39 bits per heavy atom. The molecule has 1 saturated heterocycles. The molecule has 0 radical (unpaired) electrons. The van der Waals surface area contributed by atoms with E-state index in [1.807, 2.05) is 0 Å². The van der Waals surface area contributed by atoms with Gasteiger partial charge in [0.25, 0.3) is 11.8 Å². The van der Waals surface area contributed by atoms with Crippen molar-refractivity contribution in [1.29, 1.82) is 0 Å². The largest absolute Gasteiger partial charge is 0.500 e. The van der Waals surface area contributed by atoms with Crippen LogP contribution in [0.5, 0.6) is 17.2 Å². The number of hydrogen-bond donors (Lipinski definition) is 2. The van der Waals surface area contributed by atoms with E-state index in [0.717, 1.165) is 17.0 Å². The lowest BCUT2D eigenvalue weighted by molar-refractivity contribution is -0.386. The maximum atomic E-state index is 12.9. The van der Waals surface area contributed by atoms with Gasteiger partial charge in [-0.1, -0.05) is 12.1 Å². The van der Waals surface area contributed by atoms with Gasteiger partial charge < -0.3 is 14.6 Å². The summed E-state index contributed by atoms with van der Waals surface area (Å²) in [5.41, 5.74) is -0.408. The summed E-state index contributed by atoms with van der Waals surface area (Å²) in [5, 5.41) is 23.1. The van der Waals surface area contributed by atoms with Crippen LogP contribution < -0.4 is 14.8 Å². The van der Waals surface area contributed by atoms with Crippen LogP contribution in [0.2, 0.25) is 0 Å². The van der Waals surface area contributed by atoms with Gasteiger partial charge in [0, 0.05) is 6.07 Å². The second-order valence-corrected chi connectivity index (χ2v) is 6.40. The SMILES string of the molecule is COc1ccc(CN2C(=O)NC(=O)C(=Cc3cc(OC)c(O)c([N+](=O)[O-])c3)C2=O)cc1. The highest BCUT2D eigenvalue weighted by Gasteiger charge is 2.36. The zero-order valence-electron chi connectivity index (χ0n) is 16.4. The molecule has 0 aromatic heterocycles. The molecule has 160 valence electrons. The molecule has 1 aliphatic heterocycles. The standard InChI is InChI=1S/C20H17N3O8/c1-30-13-5-3-11(4-6-13)10-22-19(26)14(18(25)21-20(22)27)7-12-8-15(23(28)29)17(24)16(9-12)31-2/h3-9,24H,10H2,1-2H3,(H,21,25,27). The highest BCUT2D eigenvalue weighted by molar-refractivity contribution is 6.31. The van der Waals surface area contributed by atoms with Crippen molar-refractivity contribution in [3.8, 4) is 17.2 Å². The number of rotatable bonds is 6. The summed E-state index contributed by atoms with van der Waals surface area (Å²) in [6, 6.07) is 7.95. The van der Waals surface area contributed by atoms with E-state index >= 15 is 0 Å². The molecular formula is C20H17N3O8. The Morgan fingerprint density at radius 2 is 1.81 bits per heavy atom. The number of carbonyl (C=O) groups excluding carboxylic acids is 3. The van der Waals surface area contributed by atoms with E-state index in [-0.39, 0.29) is 17.9 Å². The molecule has 0 unspecified atom stereocenters. The lowest BCUT2D eigenvalue weighted by Crippen LogP contribution is -2.53. The number of aromatic hydroxyl groups is 1. The van der Waals surface area contributed by atoms with Crippen molar-refractivity contribution >= 4 is 29.6 Å². The second-order valence-electron chi connectivity index (χ2n) is 6.40. The number of carbonyl (C=O) groups is 3. The minimum atomic E-state index is -0.948. The fourth-order valence-corrected chi connectivity index (χ4v) is 2.91. The summed E-state index contributed by atoms with van der Waals surface area (Å²) < 4.78 is 9.97. The Morgan fingerprint density at radius 1 is 1.13 bits per heavy atom. The van der Waals surface area contributed by atoms with Crippen molar-refractivity contribution in [3.05, 3.63) is 63.2 Å². The molecule has 2 aromatic rings. The number of phenolic OH excluding ortho intramolecular Hbond substituents is 1. The molecule has 1 aliphatic rings. The summed E-state index contributed by atoms with van der Waals surface area (Å²) in [6.45, 7) is -0.113. The van der Waals surface area contributed by atoms with Crippen molar-refractivity contribution in [2.75, 3.05) is 14.2 Å². The van der Waals surface area contributed by atoms with Crippen LogP contribution in [0.4, 0.5) is 10.5 Å². The molecule has 11 nitrogen and oxygen atoms in total. The smallest absolute Gasteiger partial charge is 0.331 e. The first kappa shape index (κ1) is 21.3. The maximum Gasteiger partial charge on any atom is 0.331 e. The number of nitro benzene ring substituents is 1. The number of hydrogen-bond acceptors (Lipinski definition) is 8. The fourth-order valence-electron chi connectivity index (χ4n) is 2.91. The van der Waals surface area contributed by atoms with Gasteiger partial charge >= 0.3 is 11.7 Å². The number of urea groups is 1. The molecule has 0 saturated carbocycles. The van der Waals surface area contributed by atoms with Gasteiger partial charge in [-0.3, -0.25) is 29.9 Å². The van der Waals surface area contributed by atoms with Crippen LogP contribution in [0, 0.1) is 10.1 Å². The van der Waals surface area contributed by atoms with Gasteiger partial charge in [0.05, 0.1) is 25.7 Å². The Kier molecular flexibility index (Phi) is 5.86. The summed E-state index contributed by atoms with van der Waals surface area (Å²) in [7, 11) is 2.70. The van der Waals surface area contributed by atoms with Gasteiger partial charge in [0.2, 0.25) is 5.75 Å². The van der Waals surface area contributed by atoms with Crippen LogP contribution in [0.1, 0.15) is 11.1 Å². The number of methoxy groups -OCH3 is 2. The van der Waals surface area contributed by atoms with Crippen LogP contribution in [-0.2, 0) is 16.1 Å². The van der Waals surface area contributed by atoms with Crippen molar-refractivity contribution in [2.24, 2.45) is 0 Å². The zero-order chi connectivity index (χ0) is 22.7.